The summed E-state index contributed by atoms with van der Waals surface area (Å²) in [6.45, 7) is 6.03. The van der Waals surface area contributed by atoms with Crippen molar-refractivity contribution >= 4 is 47.4 Å². The molecule has 2 N–H and O–H groups in total. The number of guanidine groups is 1. The van der Waals surface area contributed by atoms with Gasteiger partial charge in [-0.3, -0.25) is 4.79 Å². The summed E-state index contributed by atoms with van der Waals surface area (Å²) in [5.74, 6) is 1.18. The molecule has 5 nitrogen and oxygen atoms in total. The van der Waals surface area contributed by atoms with Gasteiger partial charge in [0.1, 0.15) is 6.54 Å². The highest BCUT2D eigenvalue weighted by Crippen LogP contribution is 2.48. The zero-order chi connectivity index (χ0) is 18.4. The molecule has 1 aliphatic rings. The fourth-order valence-corrected chi connectivity index (χ4v) is 2.74. The summed E-state index contributed by atoms with van der Waals surface area (Å²) < 4.78 is 0. The van der Waals surface area contributed by atoms with E-state index in [1.807, 2.05) is 18.2 Å². The fourth-order valence-electron chi connectivity index (χ4n) is 2.55. The van der Waals surface area contributed by atoms with E-state index in [1.54, 1.807) is 19.0 Å². The van der Waals surface area contributed by atoms with Gasteiger partial charge in [0.05, 0.1) is 0 Å². The molecule has 1 amide bonds. The van der Waals surface area contributed by atoms with Gasteiger partial charge in [0.15, 0.2) is 5.96 Å². The highest BCUT2D eigenvalue weighted by Gasteiger charge is 2.44. The Balaban J connectivity index is 0.00000338. The van der Waals surface area contributed by atoms with Crippen LogP contribution in [0.1, 0.15) is 32.3 Å². The maximum Gasteiger partial charge on any atom is 0.243 e. The lowest BCUT2D eigenvalue weighted by Crippen LogP contribution is -2.43. The third kappa shape index (κ3) is 6.95. The zero-order valence-electron chi connectivity index (χ0n) is 16.0. The number of carbonyl (C=O) groups is 1. The summed E-state index contributed by atoms with van der Waals surface area (Å²) in [7, 11) is 3.48. The van der Waals surface area contributed by atoms with E-state index in [0.29, 0.717) is 11.9 Å². The first kappa shape index (κ1) is 23.0. The van der Waals surface area contributed by atoms with Crippen LogP contribution in [0.25, 0.3) is 0 Å². The Morgan fingerprint density at radius 1 is 1.31 bits per heavy atom. The largest absolute Gasteiger partial charge is 0.356 e. The molecular formula is C19H30ClIN4O. The molecule has 146 valence electrons. The van der Waals surface area contributed by atoms with Crippen molar-refractivity contribution in [2.75, 3.05) is 33.7 Å². The Hall–Kier alpha value is -1.02. The van der Waals surface area contributed by atoms with Crippen LogP contribution >= 0.6 is 35.6 Å². The molecule has 0 heterocycles. The molecule has 1 aliphatic carbocycles. The summed E-state index contributed by atoms with van der Waals surface area (Å²) >= 11 is 6.14. The molecule has 0 atom stereocenters. The average Bonchev–Trinajstić information content (AvgIpc) is 3.34. The van der Waals surface area contributed by atoms with Gasteiger partial charge in [-0.05, 0) is 36.5 Å². The SMILES string of the molecule is CC(C)CNC(=NCC(=O)N(C)C)NCC1(c2cccc(Cl)c2)CC1.I. The minimum absolute atomic E-state index is 0. The Labute approximate surface area is 179 Å². The minimum Gasteiger partial charge on any atom is -0.356 e. The zero-order valence-corrected chi connectivity index (χ0v) is 19.1. The number of hydrogen-bond acceptors (Lipinski definition) is 2. The van der Waals surface area contributed by atoms with Gasteiger partial charge in [0.25, 0.3) is 0 Å². The van der Waals surface area contributed by atoms with Crippen LogP contribution < -0.4 is 10.6 Å². The minimum atomic E-state index is -0.0124. The molecule has 1 aromatic carbocycles. The van der Waals surface area contributed by atoms with E-state index in [4.69, 9.17) is 11.6 Å². The second kappa shape index (κ2) is 10.3. The Morgan fingerprint density at radius 2 is 2.00 bits per heavy atom. The number of hydrogen-bond donors (Lipinski definition) is 2. The number of halogens is 2. The van der Waals surface area contributed by atoms with Crippen LogP contribution in [0.3, 0.4) is 0 Å². The Kier molecular flexibility index (Phi) is 9.16. The van der Waals surface area contributed by atoms with Crippen molar-refractivity contribution in [2.45, 2.75) is 32.1 Å². The van der Waals surface area contributed by atoms with Crippen molar-refractivity contribution in [3.05, 3.63) is 34.9 Å². The predicted octanol–water partition coefficient (Wildman–Crippen LogP) is 3.27. The summed E-state index contributed by atoms with van der Waals surface area (Å²) in [5.41, 5.74) is 1.39. The molecule has 1 saturated carbocycles. The molecule has 0 aromatic heterocycles. The molecule has 26 heavy (non-hydrogen) atoms. The van der Waals surface area contributed by atoms with E-state index in [-0.39, 0.29) is 41.8 Å². The van der Waals surface area contributed by atoms with Gasteiger partial charge in [-0.25, -0.2) is 4.99 Å². The first-order valence-electron chi connectivity index (χ1n) is 8.81. The molecule has 7 heteroatoms. The van der Waals surface area contributed by atoms with Crippen LogP contribution in [0.15, 0.2) is 29.3 Å². The summed E-state index contributed by atoms with van der Waals surface area (Å²) in [6, 6.07) is 8.08. The third-order valence-corrected chi connectivity index (χ3v) is 4.67. The standard InChI is InChI=1S/C19H29ClN4O.HI/c1-14(2)11-21-18(22-12-17(25)24(3)4)23-13-19(8-9-19)15-6-5-7-16(20)10-15;/h5-7,10,14H,8-9,11-13H2,1-4H3,(H2,21,22,23);1H. The molecule has 0 radical (unpaired) electrons. The van der Waals surface area contributed by atoms with Gasteiger partial charge in [0.2, 0.25) is 5.91 Å². The first-order chi connectivity index (χ1) is 11.8. The maximum atomic E-state index is 11.8. The molecule has 0 spiro atoms. The quantitative estimate of drug-likeness (QED) is 0.349. The van der Waals surface area contributed by atoms with Gasteiger partial charge < -0.3 is 15.5 Å². The van der Waals surface area contributed by atoms with Crippen molar-refractivity contribution < 1.29 is 4.79 Å². The van der Waals surface area contributed by atoms with Crippen molar-refractivity contribution in [3.8, 4) is 0 Å². The smallest absolute Gasteiger partial charge is 0.243 e. The van der Waals surface area contributed by atoms with Gasteiger partial charge in [-0.2, -0.15) is 0 Å². The van der Waals surface area contributed by atoms with E-state index < -0.39 is 0 Å². The van der Waals surface area contributed by atoms with Crippen molar-refractivity contribution in [1.29, 1.82) is 0 Å². The maximum absolute atomic E-state index is 11.8. The highest BCUT2D eigenvalue weighted by molar-refractivity contribution is 14.0. The number of benzene rings is 1. The van der Waals surface area contributed by atoms with Crippen LogP contribution in [0.5, 0.6) is 0 Å². The van der Waals surface area contributed by atoms with Gasteiger partial charge in [-0.1, -0.05) is 37.6 Å². The second-order valence-electron chi connectivity index (χ2n) is 7.37. The predicted molar refractivity (Wildman–Crippen MR) is 120 cm³/mol. The molecule has 2 rings (SSSR count). The van der Waals surface area contributed by atoms with E-state index in [0.717, 1.165) is 31.0 Å². The molecule has 0 saturated heterocycles. The van der Waals surface area contributed by atoms with E-state index in [2.05, 4.69) is 35.5 Å². The molecule has 0 bridgehead atoms. The lowest BCUT2D eigenvalue weighted by atomic mass is 9.96. The van der Waals surface area contributed by atoms with Gasteiger partial charge in [-0.15, -0.1) is 24.0 Å². The molecule has 0 aliphatic heterocycles. The van der Waals surface area contributed by atoms with E-state index in [9.17, 15) is 4.79 Å². The van der Waals surface area contributed by atoms with Crippen LogP contribution in [-0.2, 0) is 10.2 Å². The van der Waals surface area contributed by atoms with Crippen molar-refractivity contribution in [3.63, 3.8) is 0 Å². The molecular weight excluding hydrogens is 463 g/mol. The lowest BCUT2D eigenvalue weighted by molar-refractivity contribution is -0.127. The summed E-state index contributed by atoms with van der Waals surface area (Å²) in [5, 5.41) is 7.50. The number of amides is 1. The molecule has 1 aromatic rings. The van der Waals surface area contributed by atoms with Gasteiger partial charge >= 0.3 is 0 Å². The topological polar surface area (TPSA) is 56.7 Å². The number of carbonyl (C=O) groups excluding carboxylic acids is 1. The van der Waals surface area contributed by atoms with Crippen LogP contribution in [-0.4, -0.2) is 50.5 Å². The average molecular weight is 493 g/mol. The van der Waals surface area contributed by atoms with Crippen LogP contribution in [0.4, 0.5) is 0 Å². The highest BCUT2D eigenvalue weighted by atomic mass is 127. The molecule has 0 unspecified atom stereocenters. The van der Waals surface area contributed by atoms with Crippen molar-refractivity contribution in [1.82, 2.24) is 15.5 Å². The van der Waals surface area contributed by atoms with E-state index in [1.165, 1.54) is 5.56 Å². The number of aliphatic imine (C=N–C) groups is 1. The van der Waals surface area contributed by atoms with Crippen molar-refractivity contribution in [2.24, 2.45) is 10.9 Å². The Bertz CT molecular complexity index is 630. The number of nitrogens with one attached hydrogen (secondary N) is 2. The number of nitrogens with zero attached hydrogens (tertiary/aromatic N) is 2. The Morgan fingerprint density at radius 3 is 2.54 bits per heavy atom. The second-order valence-corrected chi connectivity index (χ2v) is 7.81. The first-order valence-corrected chi connectivity index (χ1v) is 9.18. The summed E-state index contributed by atoms with van der Waals surface area (Å²) in [6.07, 6.45) is 2.27. The number of rotatable bonds is 7. The van der Waals surface area contributed by atoms with Crippen LogP contribution in [0, 0.1) is 5.92 Å². The van der Waals surface area contributed by atoms with Gasteiger partial charge in [0, 0.05) is 37.6 Å². The van der Waals surface area contributed by atoms with E-state index >= 15 is 0 Å². The number of likely N-dealkylation sites (N-methyl/N-ethyl adjacent to an activating group) is 1. The lowest BCUT2D eigenvalue weighted by Gasteiger charge is -2.20. The fraction of sp³-hybridized carbons (Fsp3) is 0.579. The monoisotopic (exact) mass is 492 g/mol. The summed E-state index contributed by atoms with van der Waals surface area (Å²) in [4.78, 5) is 17.8. The molecule has 1 fully saturated rings. The third-order valence-electron chi connectivity index (χ3n) is 4.43. The van der Waals surface area contributed by atoms with Crippen LogP contribution in [0.2, 0.25) is 5.02 Å². The normalized spacial score (nSPS) is 15.2.